The number of benzene rings is 3. The molecule has 0 fully saturated rings. The third-order valence-corrected chi connectivity index (χ3v) is 8.12. The fourth-order valence-corrected chi connectivity index (χ4v) is 5.18. The summed E-state index contributed by atoms with van der Waals surface area (Å²) < 4.78 is 61.4. The van der Waals surface area contributed by atoms with E-state index in [1.54, 1.807) is 24.3 Å². The lowest BCUT2D eigenvalue weighted by molar-refractivity contribution is 0.167. The van der Waals surface area contributed by atoms with Gasteiger partial charge in [0.05, 0.1) is 23.0 Å². The first-order valence-corrected chi connectivity index (χ1v) is 13.4. The van der Waals surface area contributed by atoms with Crippen LogP contribution >= 0.6 is 0 Å². The highest BCUT2D eigenvalue weighted by molar-refractivity contribution is 7.87. The SMILES string of the molecule is Cc1ccc(S(=O)(=O)OCC(COS(=O)(=O)c2ccc(C)cc2)C(C)c2ccccc2)cc1. The molecule has 3 aromatic carbocycles. The predicted octanol–water partition coefficient (Wildman–Crippen LogP) is 4.83. The molecule has 0 heterocycles. The molecule has 6 nitrogen and oxygen atoms in total. The maximum atomic E-state index is 12.7. The maximum absolute atomic E-state index is 12.7. The Labute approximate surface area is 196 Å². The average molecular weight is 489 g/mol. The molecule has 33 heavy (non-hydrogen) atoms. The summed E-state index contributed by atoms with van der Waals surface area (Å²) in [5.41, 5.74) is 2.79. The first-order valence-electron chi connectivity index (χ1n) is 10.6. The van der Waals surface area contributed by atoms with Crippen molar-refractivity contribution in [3.05, 3.63) is 95.6 Å². The van der Waals surface area contributed by atoms with Crippen LogP contribution in [0.25, 0.3) is 0 Å². The monoisotopic (exact) mass is 488 g/mol. The third kappa shape index (κ3) is 6.74. The van der Waals surface area contributed by atoms with Crippen LogP contribution < -0.4 is 0 Å². The summed E-state index contributed by atoms with van der Waals surface area (Å²) in [6, 6.07) is 22.1. The Kier molecular flexibility index (Phi) is 8.07. The fraction of sp³-hybridized carbons (Fsp3) is 0.280. The Morgan fingerprint density at radius 3 is 1.42 bits per heavy atom. The molecule has 3 rings (SSSR count). The maximum Gasteiger partial charge on any atom is 0.296 e. The van der Waals surface area contributed by atoms with Gasteiger partial charge in [-0.05, 0) is 49.6 Å². The highest BCUT2D eigenvalue weighted by Crippen LogP contribution is 2.27. The zero-order valence-electron chi connectivity index (χ0n) is 18.8. The minimum absolute atomic E-state index is 0.0485. The highest BCUT2D eigenvalue weighted by Gasteiger charge is 2.27. The molecule has 0 aliphatic heterocycles. The summed E-state index contributed by atoms with van der Waals surface area (Å²) in [5.74, 6) is -0.750. The van der Waals surface area contributed by atoms with Gasteiger partial charge in [0.15, 0.2) is 0 Å². The van der Waals surface area contributed by atoms with Gasteiger partial charge in [-0.2, -0.15) is 16.8 Å². The van der Waals surface area contributed by atoms with Crippen LogP contribution in [0.3, 0.4) is 0 Å². The van der Waals surface area contributed by atoms with Crippen molar-refractivity contribution in [1.82, 2.24) is 0 Å². The van der Waals surface area contributed by atoms with Crippen molar-refractivity contribution in [2.24, 2.45) is 5.92 Å². The van der Waals surface area contributed by atoms with Crippen molar-refractivity contribution in [1.29, 1.82) is 0 Å². The van der Waals surface area contributed by atoms with Crippen LogP contribution in [0.15, 0.2) is 88.7 Å². The van der Waals surface area contributed by atoms with Crippen LogP contribution in [0.5, 0.6) is 0 Å². The third-order valence-electron chi connectivity index (χ3n) is 5.53. The van der Waals surface area contributed by atoms with Crippen LogP contribution in [0.4, 0.5) is 0 Å². The molecule has 1 atom stereocenters. The van der Waals surface area contributed by atoms with Gasteiger partial charge >= 0.3 is 0 Å². The van der Waals surface area contributed by atoms with E-state index < -0.39 is 26.2 Å². The number of hydrogen-bond donors (Lipinski definition) is 0. The number of hydrogen-bond acceptors (Lipinski definition) is 6. The van der Waals surface area contributed by atoms with E-state index in [9.17, 15) is 16.8 Å². The van der Waals surface area contributed by atoms with E-state index in [0.717, 1.165) is 16.7 Å². The number of aryl methyl sites for hydroxylation is 2. The highest BCUT2D eigenvalue weighted by atomic mass is 32.2. The minimum Gasteiger partial charge on any atom is -0.266 e. The van der Waals surface area contributed by atoms with Crippen molar-refractivity contribution in [3.8, 4) is 0 Å². The van der Waals surface area contributed by atoms with Gasteiger partial charge in [0.25, 0.3) is 20.2 Å². The lowest BCUT2D eigenvalue weighted by Gasteiger charge is -2.24. The summed E-state index contributed by atoms with van der Waals surface area (Å²) in [4.78, 5) is 0.0971. The quantitative estimate of drug-likeness (QED) is 0.380. The summed E-state index contributed by atoms with van der Waals surface area (Å²) in [5, 5.41) is 0. The molecule has 0 saturated carbocycles. The van der Waals surface area contributed by atoms with E-state index in [1.165, 1.54) is 24.3 Å². The van der Waals surface area contributed by atoms with Crippen molar-refractivity contribution in [3.63, 3.8) is 0 Å². The zero-order chi connectivity index (χ0) is 24.1. The zero-order valence-corrected chi connectivity index (χ0v) is 20.5. The molecule has 8 heteroatoms. The Morgan fingerprint density at radius 1 is 0.636 bits per heavy atom. The van der Waals surface area contributed by atoms with E-state index in [-0.39, 0.29) is 28.9 Å². The Bertz CT molecular complexity index is 1170. The molecule has 3 aromatic rings. The molecule has 0 spiro atoms. The van der Waals surface area contributed by atoms with Gasteiger partial charge in [0.2, 0.25) is 0 Å². The van der Waals surface area contributed by atoms with Gasteiger partial charge in [0, 0.05) is 5.92 Å². The average Bonchev–Trinajstić information content (AvgIpc) is 2.80. The van der Waals surface area contributed by atoms with Gasteiger partial charge in [-0.1, -0.05) is 72.6 Å². The molecule has 0 radical (unpaired) electrons. The Hall–Kier alpha value is -2.52. The van der Waals surface area contributed by atoms with Crippen LogP contribution in [-0.2, 0) is 28.6 Å². The Morgan fingerprint density at radius 2 is 1.03 bits per heavy atom. The number of rotatable bonds is 10. The van der Waals surface area contributed by atoms with Gasteiger partial charge in [0.1, 0.15) is 0 Å². The van der Waals surface area contributed by atoms with Crippen LogP contribution in [0.2, 0.25) is 0 Å². The standard InChI is InChI=1S/C25H28O6S2/c1-19-9-13-24(14-10-19)32(26,27)30-17-23(21(3)22-7-5-4-6-8-22)18-31-33(28,29)25-15-11-20(2)12-16-25/h4-16,21,23H,17-18H2,1-3H3. The molecule has 0 aromatic heterocycles. The smallest absolute Gasteiger partial charge is 0.266 e. The van der Waals surface area contributed by atoms with Crippen molar-refractivity contribution >= 4 is 20.2 Å². The molecular formula is C25H28O6S2. The van der Waals surface area contributed by atoms with E-state index in [4.69, 9.17) is 8.37 Å². The van der Waals surface area contributed by atoms with Crippen molar-refractivity contribution < 1.29 is 25.2 Å². The van der Waals surface area contributed by atoms with Crippen LogP contribution in [-0.4, -0.2) is 30.0 Å². The molecule has 0 saturated heterocycles. The molecule has 0 N–H and O–H groups in total. The van der Waals surface area contributed by atoms with E-state index in [2.05, 4.69) is 0 Å². The summed E-state index contributed by atoms with van der Waals surface area (Å²) in [7, 11) is -8.01. The molecule has 0 amide bonds. The van der Waals surface area contributed by atoms with E-state index in [1.807, 2.05) is 51.1 Å². The predicted molar refractivity (Wildman–Crippen MR) is 127 cm³/mol. The van der Waals surface area contributed by atoms with Crippen molar-refractivity contribution in [2.75, 3.05) is 13.2 Å². The normalized spacial score (nSPS) is 13.2. The second kappa shape index (κ2) is 10.6. The summed E-state index contributed by atoms with van der Waals surface area (Å²) >= 11 is 0. The molecule has 176 valence electrons. The largest absolute Gasteiger partial charge is 0.296 e. The summed E-state index contributed by atoms with van der Waals surface area (Å²) in [6.07, 6.45) is 0. The van der Waals surface area contributed by atoms with Crippen LogP contribution in [0, 0.1) is 19.8 Å². The van der Waals surface area contributed by atoms with Crippen molar-refractivity contribution in [2.45, 2.75) is 36.5 Å². The molecule has 1 unspecified atom stereocenters. The van der Waals surface area contributed by atoms with Gasteiger partial charge in [-0.15, -0.1) is 0 Å². The first-order chi connectivity index (χ1) is 15.6. The molecule has 0 aliphatic carbocycles. The van der Waals surface area contributed by atoms with Gasteiger partial charge in [-0.25, -0.2) is 0 Å². The molecular weight excluding hydrogens is 460 g/mol. The second-order valence-corrected chi connectivity index (χ2v) is 11.3. The van der Waals surface area contributed by atoms with E-state index >= 15 is 0 Å². The lowest BCUT2D eigenvalue weighted by Crippen LogP contribution is -2.25. The van der Waals surface area contributed by atoms with Crippen LogP contribution in [0.1, 0.15) is 29.5 Å². The topological polar surface area (TPSA) is 86.7 Å². The first kappa shape index (κ1) is 25.1. The second-order valence-electron chi connectivity index (χ2n) is 8.06. The van der Waals surface area contributed by atoms with Gasteiger partial charge < -0.3 is 0 Å². The summed E-state index contributed by atoms with van der Waals surface area (Å²) in [6.45, 7) is 5.16. The fourth-order valence-electron chi connectivity index (χ4n) is 3.27. The van der Waals surface area contributed by atoms with Gasteiger partial charge in [-0.3, -0.25) is 8.37 Å². The minimum atomic E-state index is -4.00. The van der Waals surface area contributed by atoms with E-state index in [0.29, 0.717) is 0 Å². The lowest BCUT2D eigenvalue weighted by atomic mass is 9.89. The Balaban J connectivity index is 1.79. The molecule has 0 aliphatic rings. The molecule has 0 bridgehead atoms.